The first kappa shape index (κ1) is 27.4. The Morgan fingerprint density at radius 2 is 1.83 bits per heavy atom. The van der Waals surface area contributed by atoms with Gasteiger partial charge in [-0.3, -0.25) is 9.69 Å². The molecule has 1 heterocycles. The number of carbonyl (C=O) groups is 1. The summed E-state index contributed by atoms with van der Waals surface area (Å²) in [6, 6.07) is 8.77. The summed E-state index contributed by atoms with van der Waals surface area (Å²) in [5, 5.41) is 11.5. The lowest BCUT2D eigenvalue weighted by molar-refractivity contribution is -0.139. The Hall–Kier alpha value is -2.18. The Morgan fingerprint density at radius 3 is 2.37 bits per heavy atom. The van der Waals surface area contributed by atoms with E-state index in [1.807, 2.05) is 4.90 Å². The summed E-state index contributed by atoms with van der Waals surface area (Å²) >= 11 is 17.7. The molecule has 1 aliphatic heterocycles. The first-order valence-corrected chi connectivity index (χ1v) is 11.8. The van der Waals surface area contributed by atoms with E-state index in [0.717, 1.165) is 18.2 Å². The van der Waals surface area contributed by atoms with Gasteiger partial charge in [0.05, 0.1) is 33.6 Å². The predicted molar refractivity (Wildman–Crippen MR) is 134 cm³/mol. The Kier molecular flexibility index (Phi) is 9.17. The number of nitrogens with zero attached hydrogens (tertiary/aromatic N) is 2. The molecule has 0 aromatic heterocycles. The lowest BCUT2D eigenvalue weighted by Gasteiger charge is -2.30. The standard InChI is InChI=1S/C24H20BCl3F3N3O/c25-19-11-14(1-3-17(19)23(35)33-16-5-8-34(9-6-16)10-7-32)2-4-18(24(29,30)31)15-12-20(26)22(28)21(27)13-15/h1-4,11-13,16,18H,5-6,8-10H2,(H,33,35). The molecule has 0 saturated carbocycles. The number of carbonyl (C=O) groups excluding carboxylic acids is 1. The minimum Gasteiger partial charge on any atom is -0.349 e. The number of amides is 1. The second-order valence-corrected chi connectivity index (χ2v) is 9.40. The second kappa shape index (κ2) is 11.7. The van der Waals surface area contributed by atoms with Gasteiger partial charge in [0.1, 0.15) is 7.85 Å². The van der Waals surface area contributed by atoms with Gasteiger partial charge in [-0.15, -0.1) is 0 Å². The van der Waals surface area contributed by atoms with E-state index in [-0.39, 0.29) is 43.6 Å². The highest BCUT2D eigenvalue weighted by Crippen LogP contribution is 2.41. The molecular weight excluding hydrogens is 520 g/mol. The van der Waals surface area contributed by atoms with E-state index >= 15 is 0 Å². The second-order valence-electron chi connectivity index (χ2n) is 8.21. The van der Waals surface area contributed by atoms with Crippen LogP contribution < -0.4 is 10.8 Å². The number of benzene rings is 2. The topological polar surface area (TPSA) is 56.1 Å². The molecule has 1 aliphatic rings. The number of nitrogens with one attached hydrogen (secondary N) is 1. The zero-order chi connectivity index (χ0) is 25.8. The highest BCUT2D eigenvalue weighted by atomic mass is 35.5. The Balaban J connectivity index is 1.73. The molecule has 1 saturated heterocycles. The molecule has 2 aromatic rings. The number of piperidine rings is 1. The van der Waals surface area contributed by atoms with Crippen LogP contribution in [0.4, 0.5) is 13.2 Å². The summed E-state index contributed by atoms with van der Waals surface area (Å²) in [7, 11) is 6.04. The predicted octanol–water partition coefficient (Wildman–Crippen LogP) is 5.52. The highest BCUT2D eigenvalue weighted by Gasteiger charge is 2.39. The molecule has 1 amide bonds. The summed E-state index contributed by atoms with van der Waals surface area (Å²) in [6.45, 7) is 1.78. The maximum atomic E-state index is 13.7. The van der Waals surface area contributed by atoms with Gasteiger partial charge >= 0.3 is 6.18 Å². The van der Waals surface area contributed by atoms with Crippen molar-refractivity contribution in [2.45, 2.75) is 31.0 Å². The van der Waals surface area contributed by atoms with Crippen molar-refractivity contribution in [3.63, 3.8) is 0 Å². The minimum absolute atomic E-state index is 0.0173. The first-order valence-electron chi connectivity index (χ1n) is 10.7. The Morgan fingerprint density at radius 1 is 1.20 bits per heavy atom. The number of halogens is 6. The van der Waals surface area contributed by atoms with Crippen molar-refractivity contribution in [2.24, 2.45) is 0 Å². The maximum absolute atomic E-state index is 13.7. The van der Waals surface area contributed by atoms with Gasteiger partial charge in [-0.05, 0) is 42.2 Å². The monoisotopic (exact) mass is 539 g/mol. The summed E-state index contributed by atoms with van der Waals surface area (Å²) in [5.41, 5.74) is 0.625. The molecule has 1 unspecified atom stereocenters. The highest BCUT2D eigenvalue weighted by molar-refractivity contribution is 6.48. The Labute approximate surface area is 218 Å². The molecule has 182 valence electrons. The Bertz CT molecular complexity index is 1140. The van der Waals surface area contributed by atoms with E-state index in [4.69, 9.17) is 47.9 Å². The van der Waals surface area contributed by atoms with Gasteiger partial charge in [-0.1, -0.05) is 64.6 Å². The molecule has 2 radical (unpaired) electrons. The van der Waals surface area contributed by atoms with Crippen LogP contribution in [0.1, 0.15) is 40.2 Å². The molecule has 3 rings (SSSR count). The molecule has 35 heavy (non-hydrogen) atoms. The lowest BCUT2D eigenvalue weighted by atomic mass is 9.87. The molecule has 11 heteroatoms. The van der Waals surface area contributed by atoms with Crippen LogP contribution >= 0.6 is 34.8 Å². The normalized spacial score (nSPS) is 16.3. The van der Waals surface area contributed by atoms with E-state index < -0.39 is 12.1 Å². The fraction of sp³-hybridized carbons (Fsp3) is 0.333. The maximum Gasteiger partial charge on any atom is 0.399 e. The largest absolute Gasteiger partial charge is 0.399 e. The van der Waals surface area contributed by atoms with E-state index in [1.165, 1.54) is 24.3 Å². The quantitative estimate of drug-likeness (QED) is 0.298. The van der Waals surface area contributed by atoms with Gasteiger partial charge in [0.25, 0.3) is 5.91 Å². The third-order valence-electron chi connectivity index (χ3n) is 5.74. The van der Waals surface area contributed by atoms with E-state index in [9.17, 15) is 18.0 Å². The number of nitriles is 1. The van der Waals surface area contributed by atoms with Crippen molar-refractivity contribution in [2.75, 3.05) is 19.6 Å². The molecule has 1 atom stereocenters. The number of rotatable bonds is 6. The number of hydrogen-bond donors (Lipinski definition) is 1. The van der Waals surface area contributed by atoms with Gasteiger partial charge in [0, 0.05) is 24.7 Å². The van der Waals surface area contributed by atoms with E-state index in [1.54, 1.807) is 0 Å². The third kappa shape index (κ3) is 7.17. The van der Waals surface area contributed by atoms with Crippen LogP contribution in [-0.4, -0.2) is 50.5 Å². The van der Waals surface area contributed by atoms with Gasteiger partial charge in [-0.2, -0.15) is 18.4 Å². The smallest absolute Gasteiger partial charge is 0.349 e. The number of hydrogen-bond acceptors (Lipinski definition) is 3. The van der Waals surface area contributed by atoms with Crippen LogP contribution in [0, 0.1) is 11.3 Å². The van der Waals surface area contributed by atoms with Gasteiger partial charge in [0.15, 0.2) is 0 Å². The zero-order valence-corrected chi connectivity index (χ0v) is 20.6. The molecule has 0 spiro atoms. The average Bonchev–Trinajstić information content (AvgIpc) is 2.78. The van der Waals surface area contributed by atoms with Crippen molar-refractivity contribution in [3.05, 3.63) is 68.2 Å². The van der Waals surface area contributed by atoms with Gasteiger partial charge < -0.3 is 5.32 Å². The van der Waals surface area contributed by atoms with Gasteiger partial charge in [0.2, 0.25) is 0 Å². The number of likely N-dealkylation sites (tertiary alicyclic amines) is 1. The van der Waals surface area contributed by atoms with Crippen LogP contribution in [0.15, 0.2) is 36.4 Å². The molecule has 1 fully saturated rings. The SMILES string of the molecule is [B]c1cc(C=CC(c2cc(Cl)c(Cl)c(Cl)c2)C(F)(F)F)ccc1C(=O)NC1CCN(CC#N)CC1. The molecule has 0 aliphatic carbocycles. The van der Waals surface area contributed by atoms with Gasteiger partial charge in [-0.25, -0.2) is 0 Å². The fourth-order valence-corrected chi connectivity index (χ4v) is 4.47. The number of alkyl halides is 3. The molecule has 1 N–H and O–H groups in total. The molecule has 2 aromatic carbocycles. The molecule has 0 bridgehead atoms. The first-order chi connectivity index (χ1) is 16.5. The average molecular weight is 541 g/mol. The summed E-state index contributed by atoms with van der Waals surface area (Å²) < 4.78 is 41.2. The molecule has 4 nitrogen and oxygen atoms in total. The van der Waals surface area contributed by atoms with Crippen molar-refractivity contribution in [1.29, 1.82) is 5.26 Å². The third-order valence-corrected chi connectivity index (χ3v) is 6.93. The number of allylic oxidation sites excluding steroid dienone is 1. The lowest BCUT2D eigenvalue weighted by Crippen LogP contribution is -2.45. The van der Waals surface area contributed by atoms with Crippen LogP contribution in [0.2, 0.25) is 15.1 Å². The van der Waals surface area contributed by atoms with Crippen LogP contribution in [0.5, 0.6) is 0 Å². The summed E-state index contributed by atoms with van der Waals surface area (Å²) in [4.78, 5) is 14.7. The van der Waals surface area contributed by atoms with E-state index in [0.29, 0.717) is 38.0 Å². The van der Waals surface area contributed by atoms with E-state index in [2.05, 4.69) is 11.4 Å². The zero-order valence-electron chi connectivity index (χ0n) is 18.4. The van der Waals surface area contributed by atoms with Crippen LogP contribution in [0.3, 0.4) is 0 Å². The molecular formula is C24H20BCl3F3N3O. The van der Waals surface area contributed by atoms with Crippen LogP contribution in [0.25, 0.3) is 6.08 Å². The van der Waals surface area contributed by atoms with Crippen molar-refractivity contribution < 1.29 is 18.0 Å². The minimum atomic E-state index is -4.61. The van der Waals surface area contributed by atoms with Crippen molar-refractivity contribution >= 4 is 60.1 Å². The summed E-state index contributed by atoms with van der Waals surface area (Å²) in [5.74, 6) is -2.33. The van der Waals surface area contributed by atoms with Crippen molar-refractivity contribution in [1.82, 2.24) is 10.2 Å². The van der Waals surface area contributed by atoms with Crippen LogP contribution in [-0.2, 0) is 0 Å². The van der Waals surface area contributed by atoms with Crippen molar-refractivity contribution in [3.8, 4) is 6.07 Å². The fourth-order valence-electron chi connectivity index (χ4n) is 3.86. The summed E-state index contributed by atoms with van der Waals surface area (Å²) in [6.07, 6.45) is -0.931.